The zero-order chi connectivity index (χ0) is 12.1. The monoisotopic (exact) mass is 225 g/mol. The molecule has 1 aromatic rings. The molecule has 3 heteroatoms. The normalized spacial score (nSPS) is 14.8. The molecule has 0 bridgehead atoms. The summed E-state index contributed by atoms with van der Waals surface area (Å²) in [4.78, 5) is 0. The van der Waals surface area contributed by atoms with Crippen LogP contribution >= 0.6 is 0 Å². The quantitative estimate of drug-likeness (QED) is 0.807. The Morgan fingerprint density at radius 2 is 2.06 bits per heavy atom. The maximum Gasteiger partial charge on any atom is 0.126 e. The lowest BCUT2D eigenvalue weighted by molar-refractivity contribution is 0.264. The first-order valence-corrected chi connectivity index (χ1v) is 5.67. The molecule has 16 heavy (non-hydrogen) atoms. The molecule has 0 aliphatic heterocycles. The Kier molecular flexibility index (Phi) is 4.90. The number of aryl methyl sites for hydroxylation is 1. The van der Waals surface area contributed by atoms with Gasteiger partial charge in [0.05, 0.1) is 0 Å². The highest BCUT2D eigenvalue weighted by atomic mass is 19.1. The molecular formula is C13H20FNO. The van der Waals surface area contributed by atoms with Crippen molar-refractivity contribution in [3.8, 4) is 0 Å². The van der Waals surface area contributed by atoms with Crippen molar-refractivity contribution in [2.45, 2.75) is 39.3 Å². The molecular weight excluding hydrogens is 205 g/mol. The van der Waals surface area contributed by atoms with Crippen molar-refractivity contribution in [1.29, 1.82) is 0 Å². The first kappa shape index (κ1) is 13.1. The molecule has 0 aliphatic carbocycles. The molecule has 0 amide bonds. The number of halogens is 1. The van der Waals surface area contributed by atoms with E-state index >= 15 is 0 Å². The van der Waals surface area contributed by atoms with Crippen LogP contribution in [0, 0.1) is 12.7 Å². The molecule has 1 unspecified atom stereocenters. The van der Waals surface area contributed by atoms with Gasteiger partial charge in [0.15, 0.2) is 0 Å². The molecule has 0 aliphatic rings. The summed E-state index contributed by atoms with van der Waals surface area (Å²) in [6.07, 6.45) is 0.707. The number of hydrogen-bond acceptors (Lipinski definition) is 2. The summed E-state index contributed by atoms with van der Waals surface area (Å²) in [5.41, 5.74) is 1.60. The van der Waals surface area contributed by atoms with Crippen LogP contribution in [-0.4, -0.2) is 17.8 Å². The van der Waals surface area contributed by atoms with Crippen molar-refractivity contribution in [3.63, 3.8) is 0 Å². The highest BCUT2D eigenvalue weighted by molar-refractivity contribution is 5.25. The van der Waals surface area contributed by atoms with Gasteiger partial charge in [0.1, 0.15) is 5.82 Å². The van der Waals surface area contributed by atoms with Crippen molar-refractivity contribution in [3.05, 3.63) is 35.1 Å². The maximum atomic E-state index is 13.4. The van der Waals surface area contributed by atoms with Gasteiger partial charge in [0.2, 0.25) is 0 Å². The standard InChI is InChI=1S/C13H20FNO/c1-9-4-5-12(8-13(9)14)11(3)15-10(2)6-7-16/h4-5,8,10-11,15-16H,6-7H2,1-3H3/t10-,11?/m1/s1. The van der Waals surface area contributed by atoms with Gasteiger partial charge in [-0.15, -0.1) is 0 Å². The summed E-state index contributed by atoms with van der Waals surface area (Å²) >= 11 is 0. The Labute approximate surface area is 96.5 Å². The van der Waals surface area contributed by atoms with Crippen LogP contribution in [0.5, 0.6) is 0 Å². The highest BCUT2D eigenvalue weighted by Crippen LogP contribution is 2.17. The van der Waals surface area contributed by atoms with Gasteiger partial charge in [-0.2, -0.15) is 0 Å². The molecule has 0 saturated heterocycles. The van der Waals surface area contributed by atoms with E-state index < -0.39 is 0 Å². The number of rotatable bonds is 5. The third-order valence-corrected chi connectivity index (χ3v) is 2.79. The Morgan fingerprint density at radius 1 is 1.38 bits per heavy atom. The van der Waals surface area contributed by atoms with E-state index in [0.717, 1.165) is 5.56 Å². The summed E-state index contributed by atoms with van der Waals surface area (Å²) in [5, 5.41) is 12.1. The van der Waals surface area contributed by atoms with Crippen LogP contribution in [0.1, 0.15) is 37.4 Å². The zero-order valence-corrected chi connectivity index (χ0v) is 10.1. The van der Waals surface area contributed by atoms with Crippen molar-refractivity contribution in [2.24, 2.45) is 0 Å². The van der Waals surface area contributed by atoms with E-state index in [1.807, 2.05) is 19.9 Å². The van der Waals surface area contributed by atoms with E-state index in [2.05, 4.69) is 5.32 Å². The lowest BCUT2D eigenvalue weighted by Crippen LogP contribution is -2.29. The van der Waals surface area contributed by atoms with Crippen molar-refractivity contribution in [2.75, 3.05) is 6.61 Å². The van der Waals surface area contributed by atoms with E-state index in [1.165, 1.54) is 0 Å². The van der Waals surface area contributed by atoms with E-state index in [9.17, 15) is 4.39 Å². The first-order valence-electron chi connectivity index (χ1n) is 5.67. The van der Waals surface area contributed by atoms with E-state index in [0.29, 0.717) is 12.0 Å². The molecule has 90 valence electrons. The third kappa shape index (κ3) is 3.58. The van der Waals surface area contributed by atoms with Gasteiger partial charge in [0.25, 0.3) is 0 Å². The minimum Gasteiger partial charge on any atom is -0.396 e. The zero-order valence-electron chi connectivity index (χ0n) is 10.1. The largest absolute Gasteiger partial charge is 0.396 e. The lowest BCUT2D eigenvalue weighted by Gasteiger charge is -2.20. The van der Waals surface area contributed by atoms with Gasteiger partial charge in [-0.25, -0.2) is 4.39 Å². The second-order valence-corrected chi connectivity index (χ2v) is 4.31. The fourth-order valence-corrected chi connectivity index (χ4v) is 1.68. The van der Waals surface area contributed by atoms with Crippen LogP contribution < -0.4 is 5.32 Å². The van der Waals surface area contributed by atoms with E-state index in [4.69, 9.17) is 5.11 Å². The number of benzene rings is 1. The minimum absolute atomic E-state index is 0.0941. The van der Waals surface area contributed by atoms with Crippen molar-refractivity contribution in [1.82, 2.24) is 5.32 Å². The van der Waals surface area contributed by atoms with Crippen molar-refractivity contribution < 1.29 is 9.50 Å². The second kappa shape index (κ2) is 5.97. The summed E-state index contributed by atoms with van der Waals surface area (Å²) in [6, 6.07) is 5.61. The van der Waals surface area contributed by atoms with E-state index in [-0.39, 0.29) is 24.5 Å². The van der Waals surface area contributed by atoms with Crippen LogP contribution in [0.3, 0.4) is 0 Å². The van der Waals surface area contributed by atoms with Crippen molar-refractivity contribution >= 4 is 0 Å². The van der Waals surface area contributed by atoms with Gasteiger partial charge in [0, 0.05) is 18.7 Å². The second-order valence-electron chi connectivity index (χ2n) is 4.31. The summed E-state index contributed by atoms with van der Waals surface area (Å²) < 4.78 is 13.4. The van der Waals surface area contributed by atoms with Crippen LogP contribution in [0.4, 0.5) is 4.39 Å². The van der Waals surface area contributed by atoms with Gasteiger partial charge in [-0.3, -0.25) is 0 Å². The van der Waals surface area contributed by atoms with Gasteiger partial charge >= 0.3 is 0 Å². The lowest BCUT2D eigenvalue weighted by atomic mass is 10.0. The molecule has 2 nitrogen and oxygen atoms in total. The molecule has 0 radical (unpaired) electrons. The highest BCUT2D eigenvalue weighted by Gasteiger charge is 2.10. The Morgan fingerprint density at radius 3 is 2.62 bits per heavy atom. The van der Waals surface area contributed by atoms with Crippen LogP contribution in [-0.2, 0) is 0 Å². The summed E-state index contributed by atoms with van der Waals surface area (Å²) in [5.74, 6) is -0.166. The minimum atomic E-state index is -0.166. The van der Waals surface area contributed by atoms with Gasteiger partial charge < -0.3 is 10.4 Å². The number of aliphatic hydroxyl groups is 1. The molecule has 0 heterocycles. The van der Waals surface area contributed by atoms with Gasteiger partial charge in [-0.1, -0.05) is 12.1 Å². The number of hydrogen-bond donors (Lipinski definition) is 2. The topological polar surface area (TPSA) is 32.3 Å². The molecule has 2 atom stereocenters. The van der Waals surface area contributed by atoms with E-state index in [1.54, 1.807) is 19.1 Å². The molecule has 0 aromatic heterocycles. The fourth-order valence-electron chi connectivity index (χ4n) is 1.68. The molecule has 0 saturated carbocycles. The predicted molar refractivity (Wildman–Crippen MR) is 63.9 cm³/mol. The average Bonchev–Trinajstić information content (AvgIpc) is 2.22. The Bertz CT molecular complexity index is 341. The predicted octanol–water partition coefficient (Wildman–Crippen LogP) is 2.56. The Hall–Kier alpha value is -0.930. The van der Waals surface area contributed by atoms with Crippen LogP contribution in [0.15, 0.2) is 18.2 Å². The summed E-state index contributed by atoms with van der Waals surface area (Å²) in [7, 11) is 0. The average molecular weight is 225 g/mol. The molecule has 1 rings (SSSR count). The van der Waals surface area contributed by atoms with Crippen LogP contribution in [0.25, 0.3) is 0 Å². The molecule has 1 aromatic carbocycles. The SMILES string of the molecule is Cc1ccc(C(C)N[C@H](C)CCO)cc1F. The maximum absolute atomic E-state index is 13.4. The first-order chi connectivity index (χ1) is 7.54. The molecule has 0 fully saturated rings. The van der Waals surface area contributed by atoms with Gasteiger partial charge in [-0.05, 0) is 44.4 Å². The van der Waals surface area contributed by atoms with Crippen LogP contribution in [0.2, 0.25) is 0 Å². The molecule has 2 N–H and O–H groups in total. The number of nitrogens with one attached hydrogen (secondary N) is 1. The smallest absolute Gasteiger partial charge is 0.126 e. The Balaban J connectivity index is 2.65. The third-order valence-electron chi connectivity index (χ3n) is 2.79. The summed E-state index contributed by atoms with van der Waals surface area (Å²) in [6.45, 7) is 5.93. The fraction of sp³-hybridized carbons (Fsp3) is 0.538. The molecule has 0 spiro atoms. The number of aliphatic hydroxyl groups excluding tert-OH is 1.